The van der Waals surface area contributed by atoms with Gasteiger partial charge in [-0.1, -0.05) is 0 Å². The second-order valence-electron chi connectivity index (χ2n) is 6.51. The summed E-state index contributed by atoms with van der Waals surface area (Å²) >= 11 is 0. The fourth-order valence-corrected chi connectivity index (χ4v) is 3.45. The Hall–Kier alpha value is -1.40. The number of nitrogens with zero attached hydrogens (tertiary/aromatic N) is 4. The molecule has 1 aromatic heterocycles. The first-order valence-corrected chi connectivity index (χ1v) is 8.21. The van der Waals surface area contributed by atoms with Crippen molar-refractivity contribution in [3.05, 3.63) is 18.0 Å². The highest BCUT2D eigenvalue weighted by Gasteiger charge is 2.31. The maximum atomic E-state index is 12.5. The SMILES string of the molecule is CN1CCC(OCC(=O)N2CCCC2c2cnn(C)c2)CC1. The molecule has 1 aromatic rings. The van der Waals surface area contributed by atoms with E-state index in [0.29, 0.717) is 0 Å². The summed E-state index contributed by atoms with van der Waals surface area (Å²) in [6, 6.07) is 0.169. The van der Waals surface area contributed by atoms with Crippen LogP contribution in [-0.4, -0.2) is 64.9 Å². The summed E-state index contributed by atoms with van der Waals surface area (Å²) in [5.41, 5.74) is 1.13. The number of aromatic nitrogens is 2. The summed E-state index contributed by atoms with van der Waals surface area (Å²) < 4.78 is 7.65. The Morgan fingerprint density at radius 2 is 2.05 bits per heavy atom. The summed E-state index contributed by atoms with van der Waals surface area (Å²) in [5, 5.41) is 4.22. The van der Waals surface area contributed by atoms with E-state index in [4.69, 9.17) is 4.74 Å². The minimum atomic E-state index is 0.116. The van der Waals surface area contributed by atoms with E-state index in [0.717, 1.165) is 50.9 Å². The molecule has 0 saturated carbocycles. The van der Waals surface area contributed by atoms with Gasteiger partial charge in [-0.2, -0.15) is 5.10 Å². The molecule has 1 unspecified atom stereocenters. The zero-order valence-corrected chi connectivity index (χ0v) is 13.6. The van der Waals surface area contributed by atoms with E-state index in [2.05, 4.69) is 17.0 Å². The van der Waals surface area contributed by atoms with Crippen molar-refractivity contribution in [2.45, 2.75) is 37.8 Å². The van der Waals surface area contributed by atoms with Crippen molar-refractivity contribution in [3.63, 3.8) is 0 Å². The Kier molecular flexibility index (Phi) is 4.78. The largest absolute Gasteiger partial charge is 0.368 e. The van der Waals surface area contributed by atoms with Crippen LogP contribution in [0.5, 0.6) is 0 Å². The molecule has 6 heteroatoms. The van der Waals surface area contributed by atoms with Gasteiger partial charge in [0.25, 0.3) is 0 Å². The van der Waals surface area contributed by atoms with Crippen LogP contribution in [0.1, 0.15) is 37.3 Å². The number of ether oxygens (including phenoxy) is 1. The second-order valence-corrected chi connectivity index (χ2v) is 6.51. The molecule has 6 nitrogen and oxygen atoms in total. The lowest BCUT2D eigenvalue weighted by Crippen LogP contribution is -2.38. The number of hydrogen-bond donors (Lipinski definition) is 0. The van der Waals surface area contributed by atoms with Crippen molar-refractivity contribution in [1.82, 2.24) is 19.6 Å². The standard InChI is InChI=1S/C16H26N4O2/c1-18-8-5-14(6-9-18)22-12-16(21)20-7-3-4-15(20)13-10-17-19(2)11-13/h10-11,14-15H,3-9,12H2,1-2H3. The lowest BCUT2D eigenvalue weighted by molar-refractivity contribution is -0.140. The predicted molar refractivity (Wildman–Crippen MR) is 83.4 cm³/mol. The van der Waals surface area contributed by atoms with E-state index in [1.165, 1.54) is 0 Å². The van der Waals surface area contributed by atoms with Crippen LogP contribution in [0, 0.1) is 0 Å². The van der Waals surface area contributed by atoms with Crippen molar-refractivity contribution in [3.8, 4) is 0 Å². The Morgan fingerprint density at radius 3 is 2.73 bits per heavy atom. The first-order chi connectivity index (χ1) is 10.6. The van der Waals surface area contributed by atoms with E-state index >= 15 is 0 Å². The molecule has 0 N–H and O–H groups in total. The molecule has 122 valence electrons. The van der Waals surface area contributed by atoms with Gasteiger partial charge in [-0.3, -0.25) is 9.48 Å². The minimum absolute atomic E-state index is 0.116. The van der Waals surface area contributed by atoms with Gasteiger partial charge in [0, 0.05) is 38.4 Å². The molecule has 3 rings (SSSR count). The first kappa shape index (κ1) is 15.5. The lowest BCUT2D eigenvalue weighted by Gasteiger charge is -2.30. The number of amides is 1. The van der Waals surface area contributed by atoms with Crippen LogP contribution in [0.25, 0.3) is 0 Å². The van der Waals surface area contributed by atoms with Crippen molar-refractivity contribution >= 4 is 5.91 Å². The van der Waals surface area contributed by atoms with Crippen LogP contribution in [-0.2, 0) is 16.6 Å². The highest BCUT2D eigenvalue weighted by Crippen LogP contribution is 2.31. The summed E-state index contributed by atoms with van der Waals surface area (Å²) in [7, 11) is 4.04. The van der Waals surface area contributed by atoms with Gasteiger partial charge < -0.3 is 14.5 Å². The second kappa shape index (κ2) is 6.79. The monoisotopic (exact) mass is 306 g/mol. The van der Waals surface area contributed by atoms with Crippen LogP contribution in [0.15, 0.2) is 12.4 Å². The normalized spacial score (nSPS) is 24.1. The molecule has 2 fully saturated rings. The van der Waals surface area contributed by atoms with Crippen LogP contribution in [0.3, 0.4) is 0 Å². The molecule has 2 aliphatic heterocycles. The van der Waals surface area contributed by atoms with Crippen LogP contribution >= 0.6 is 0 Å². The zero-order valence-electron chi connectivity index (χ0n) is 13.6. The van der Waals surface area contributed by atoms with Crippen molar-refractivity contribution < 1.29 is 9.53 Å². The molecule has 0 radical (unpaired) electrons. The minimum Gasteiger partial charge on any atom is -0.368 e. The summed E-state index contributed by atoms with van der Waals surface area (Å²) in [4.78, 5) is 16.8. The summed E-state index contributed by atoms with van der Waals surface area (Å²) in [6.45, 7) is 3.15. The molecule has 0 aliphatic carbocycles. The van der Waals surface area contributed by atoms with Gasteiger partial charge in [0.15, 0.2) is 0 Å². The van der Waals surface area contributed by atoms with Crippen LogP contribution < -0.4 is 0 Å². The molecule has 22 heavy (non-hydrogen) atoms. The first-order valence-electron chi connectivity index (χ1n) is 8.21. The third-order valence-electron chi connectivity index (χ3n) is 4.79. The number of aryl methyl sites for hydroxylation is 1. The Labute approximate surface area is 132 Å². The van der Waals surface area contributed by atoms with Gasteiger partial charge in [-0.25, -0.2) is 0 Å². The average Bonchev–Trinajstić information content (AvgIpc) is 3.14. The van der Waals surface area contributed by atoms with Crippen molar-refractivity contribution in [2.24, 2.45) is 7.05 Å². The van der Waals surface area contributed by atoms with Gasteiger partial charge >= 0.3 is 0 Å². The molecule has 2 saturated heterocycles. The molecule has 1 atom stereocenters. The van der Waals surface area contributed by atoms with Gasteiger partial charge in [-0.15, -0.1) is 0 Å². The smallest absolute Gasteiger partial charge is 0.249 e. The van der Waals surface area contributed by atoms with Gasteiger partial charge in [0.1, 0.15) is 6.61 Å². The molecule has 0 aromatic carbocycles. The van der Waals surface area contributed by atoms with Gasteiger partial charge in [0.2, 0.25) is 5.91 Å². The van der Waals surface area contributed by atoms with E-state index < -0.39 is 0 Å². The highest BCUT2D eigenvalue weighted by molar-refractivity contribution is 5.78. The Balaban J connectivity index is 1.53. The van der Waals surface area contributed by atoms with Gasteiger partial charge in [0.05, 0.1) is 18.3 Å². The molecular formula is C16H26N4O2. The fourth-order valence-electron chi connectivity index (χ4n) is 3.45. The van der Waals surface area contributed by atoms with Crippen LogP contribution in [0.4, 0.5) is 0 Å². The maximum Gasteiger partial charge on any atom is 0.249 e. The molecule has 0 bridgehead atoms. The van der Waals surface area contributed by atoms with E-state index in [1.807, 2.05) is 24.3 Å². The number of carbonyl (C=O) groups excluding carboxylic acids is 1. The molecule has 2 aliphatic rings. The number of likely N-dealkylation sites (tertiary alicyclic amines) is 2. The molecule has 0 spiro atoms. The number of carbonyl (C=O) groups is 1. The number of rotatable bonds is 4. The third kappa shape index (κ3) is 3.50. The highest BCUT2D eigenvalue weighted by atomic mass is 16.5. The molecule has 1 amide bonds. The van der Waals surface area contributed by atoms with E-state index in [9.17, 15) is 4.79 Å². The third-order valence-corrected chi connectivity index (χ3v) is 4.79. The van der Waals surface area contributed by atoms with Crippen molar-refractivity contribution in [2.75, 3.05) is 33.3 Å². The number of hydrogen-bond acceptors (Lipinski definition) is 4. The van der Waals surface area contributed by atoms with Gasteiger partial charge in [-0.05, 0) is 32.7 Å². The van der Waals surface area contributed by atoms with Crippen molar-refractivity contribution in [1.29, 1.82) is 0 Å². The van der Waals surface area contributed by atoms with E-state index in [1.54, 1.807) is 4.68 Å². The Morgan fingerprint density at radius 1 is 1.27 bits per heavy atom. The Bertz CT molecular complexity index is 508. The fraction of sp³-hybridized carbons (Fsp3) is 0.750. The zero-order chi connectivity index (χ0) is 15.5. The predicted octanol–water partition coefficient (Wildman–Crippen LogP) is 1.19. The molecule has 3 heterocycles. The molecular weight excluding hydrogens is 280 g/mol. The summed E-state index contributed by atoms with van der Waals surface area (Å²) in [6.07, 6.45) is 8.23. The van der Waals surface area contributed by atoms with Crippen LogP contribution in [0.2, 0.25) is 0 Å². The average molecular weight is 306 g/mol. The topological polar surface area (TPSA) is 50.6 Å². The summed E-state index contributed by atoms with van der Waals surface area (Å²) in [5.74, 6) is 0.116. The van der Waals surface area contributed by atoms with E-state index in [-0.39, 0.29) is 24.7 Å². The quantitative estimate of drug-likeness (QED) is 0.838. The lowest BCUT2D eigenvalue weighted by atomic mass is 10.1. The maximum absolute atomic E-state index is 12.5. The number of piperidine rings is 1.